The fraction of sp³-hybridized carbons (Fsp3) is 0.280. The van der Waals surface area contributed by atoms with Crippen molar-refractivity contribution in [3.05, 3.63) is 71.8 Å². The molecule has 10 heteroatoms. The van der Waals surface area contributed by atoms with Crippen LogP contribution < -0.4 is 10.6 Å². The van der Waals surface area contributed by atoms with Crippen LogP contribution in [-0.4, -0.2) is 36.8 Å². The molecule has 8 nitrogen and oxygen atoms in total. The lowest BCUT2D eigenvalue weighted by Gasteiger charge is -2.25. The van der Waals surface area contributed by atoms with Crippen molar-refractivity contribution in [1.29, 1.82) is 0 Å². The summed E-state index contributed by atoms with van der Waals surface area (Å²) in [7, 11) is 0. The summed E-state index contributed by atoms with van der Waals surface area (Å²) in [6.07, 6.45) is 6.33. The molecule has 0 bridgehead atoms. The number of rotatable bonds is 6. The number of benzene rings is 2. The summed E-state index contributed by atoms with van der Waals surface area (Å²) < 4.78 is 32.4. The van der Waals surface area contributed by atoms with E-state index >= 15 is 0 Å². The van der Waals surface area contributed by atoms with E-state index in [1.165, 1.54) is 25.0 Å². The molecule has 6 rings (SSSR count). The highest BCUT2D eigenvalue weighted by atomic mass is 19.3. The number of carbonyl (C=O) groups excluding carboxylic acids is 1. The van der Waals surface area contributed by atoms with Crippen LogP contribution in [0.4, 0.5) is 20.4 Å². The Hall–Kier alpha value is -4.08. The van der Waals surface area contributed by atoms with Gasteiger partial charge in [-0.15, -0.1) is 5.10 Å². The molecular weight excluding hydrogens is 452 g/mol. The number of nitrogens with one attached hydrogen (secondary N) is 2. The molecular formula is C25H23F2N7O. The zero-order valence-corrected chi connectivity index (χ0v) is 19.0. The molecule has 1 amide bonds. The molecule has 0 spiro atoms. The van der Waals surface area contributed by atoms with Crippen LogP contribution in [0.2, 0.25) is 0 Å². The first-order valence-electron chi connectivity index (χ1n) is 11.6. The van der Waals surface area contributed by atoms with Crippen LogP contribution in [0.25, 0.3) is 17.1 Å². The Kier molecular flexibility index (Phi) is 4.91. The van der Waals surface area contributed by atoms with Crippen molar-refractivity contribution in [2.24, 2.45) is 0 Å². The van der Waals surface area contributed by atoms with Crippen molar-refractivity contribution in [3.8, 4) is 17.1 Å². The lowest BCUT2D eigenvalue weighted by atomic mass is 9.96. The summed E-state index contributed by atoms with van der Waals surface area (Å²) in [5, 5.41) is 9.88. The van der Waals surface area contributed by atoms with E-state index in [1.54, 1.807) is 10.7 Å². The quantitative estimate of drug-likeness (QED) is 0.425. The van der Waals surface area contributed by atoms with Gasteiger partial charge in [0.25, 0.3) is 11.8 Å². The number of alkyl halides is 2. The molecule has 0 saturated heterocycles. The van der Waals surface area contributed by atoms with E-state index in [2.05, 4.69) is 31.9 Å². The number of fused-ring (bicyclic) bond motifs is 1. The molecule has 2 aromatic heterocycles. The topological polar surface area (TPSA) is 89.7 Å². The van der Waals surface area contributed by atoms with Gasteiger partial charge in [0.1, 0.15) is 0 Å². The Morgan fingerprint density at radius 1 is 1.17 bits per heavy atom. The van der Waals surface area contributed by atoms with Crippen LogP contribution >= 0.6 is 0 Å². The molecule has 2 aliphatic rings. The van der Waals surface area contributed by atoms with Crippen LogP contribution in [-0.2, 0) is 12.5 Å². The summed E-state index contributed by atoms with van der Waals surface area (Å²) in [5.74, 6) is -2.09. The van der Waals surface area contributed by atoms with Gasteiger partial charge in [-0.05, 0) is 62.2 Å². The molecule has 0 unspecified atom stereocenters. The van der Waals surface area contributed by atoms with E-state index in [4.69, 9.17) is 0 Å². The molecule has 2 aromatic carbocycles. The van der Waals surface area contributed by atoms with Crippen molar-refractivity contribution in [3.63, 3.8) is 0 Å². The number of anilines is 2. The predicted octanol–water partition coefficient (Wildman–Crippen LogP) is 4.61. The van der Waals surface area contributed by atoms with Crippen LogP contribution in [0.3, 0.4) is 0 Å². The van der Waals surface area contributed by atoms with Gasteiger partial charge in [0.15, 0.2) is 5.82 Å². The molecule has 2 N–H and O–H groups in total. The maximum absolute atomic E-state index is 14.4. The van der Waals surface area contributed by atoms with E-state index in [9.17, 15) is 13.6 Å². The zero-order valence-electron chi connectivity index (χ0n) is 19.0. The van der Waals surface area contributed by atoms with Crippen molar-refractivity contribution in [2.75, 3.05) is 11.9 Å². The highest BCUT2D eigenvalue weighted by molar-refractivity contribution is 5.97. The van der Waals surface area contributed by atoms with Crippen molar-refractivity contribution in [1.82, 2.24) is 29.6 Å². The molecule has 1 aliphatic heterocycles. The normalized spacial score (nSPS) is 16.6. The average Bonchev–Trinajstić information content (AvgIpc) is 3.45. The Labute approximate surface area is 200 Å². The number of carbonyl (C=O) groups is 1. The van der Waals surface area contributed by atoms with Crippen LogP contribution in [0.1, 0.15) is 47.3 Å². The van der Waals surface area contributed by atoms with E-state index in [-0.39, 0.29) is 11.1 Å². The molecule has 3 heterocycles. The van der Waals surface area contributed by atoms with Gasteiger partial charge in [-0.3, -0.25) is 4.79 Å². The number of amides is 1. The van der Waals surface area contributed by atoms with Gasteiger partial charge < -0.3 is 15.2 Å². The van der Waals surface area contributed by atoms with Gasteiger partial charge in [0.2, 0.25) is 5.95 Å². The van der Waals surface area contributed by atoms with E-state index < -0.39 is 18.4 Å². The van der Waals surface area contributed by atoms with Crippen molar-refractivity contribution in [2.45, 2.75) is 38.2 Å². The molecule has 0 atom stereocenters. The lowest BCUT2D eigenvalue weighted by Crippen LogP contribution is -2.41. The number of hydrogen-bond donors (Lipinski definition) is 2. The first kappa shape index (κ1) is 21.5. The number of aryl methyl sites for hydroxylation is 1. The monoisotopic (exact) mass is 475 g/mol. The number of hydrogen-bond acceptors (Lipinski definition) is 5. The molecule has 1 aliphatic carbocycles. The Bertz CT molecular complexity index is 1420. The number of nitrogens with zero attached hydrogens (tertiary/aromatic N) is 5. The summed E-state index contributed by atoms with van der Waals surface area (Å²) in [6.45, 7) is 1.75. The van der Waals surface area contributed by atoms with E-state index in [0.717, 1.165) is 16.9 Å². The number of aromatic nitrogens is 5. The minimum absolute atomic E-state index is 0.0216. The van der Waals surface area contributed by atoms with Crippen LogP contribution in [0, 0.1) is 0 Å². The van der Waals surface area contributed by atoms with Crippen molar-refractivity contribution >= 4 is 17.5 Å². The third-order valence-electron chi connectivity index (χ3n) is 6.38. The first-order chi connectivity index (χ1) is 16.9. The smallest absolute Gasteiger partial charge is 0.291 e. The first-order valence-corrected chi connectivity index (χ1v) is 11.6. The fourth-order valence-corrected chi connectivity index (χ4v) is 4.26. The maximum Gasteiger partial charge on any atom is 0.291 e. The molecule has 1 fully saturated rings. The molecule has 0 radical (unpaired) electrons. The highest BCUT2D eigenvalue weighted by Gasteiger charge is 2.40. The maximum atomic E-state index is 14.4. The number of halogens is 2. The van der Waals surface area contributed by atoms with E-state index in [0.29, 0.717) is 29.9 Å². The predicted molar refractivity (Wildman–Crippen MR) is 126 cm³/mol. The minimum atomic E-state index is -3.14. The van der Waals surface area contributed by atoms with Crippen LogP contribution in [0.15, 0.2) is 55.0 Å². The molecule has 1 saturated carbocycles. The second kappa shape index (κ2) is 8.00. The SMILES string of the molecule is CCn1nc(-c2ccc(-n3cnc(C4CC4)c3)cc2)nc1Nc1ccc2c(c1)C(F)(F)CNC2=O. The fourth-order valence-electron chi connectivity index (χ4n) is 4.26. The average molecular weight is 476 g/mol. The van der Waals surface area contributed by atoms with Gasteiger partial charge in [0.05, 0.1) is 18.6 Å². The number of imidazole rings is 1. The van der Waals surface area contributed by atoms with Gasteiger partial charge in [-0.2, -0.15) is 13.8 Å². The van der Waals surface area contributed by atoms with Crippen molar-refractivity contribution < 1.29 is 13.6 Å². The highest BCUT2D eigenvalue weighted by Crippen LogP contribution is 2.39. The summed E-state index contributed by atoms with van der Waals surface area (Å²) >= 11 is 0. The Morgan fingerprint density at radius 2 is 1.97 bits per heavy atom. The summed E-state index contributed by atoms with van der Waals surface area (Å²) in [6, 6.07) is 12.2. The molecule has 35 heavy (non-hydrogen) atoms. The largest absolute Gasteiger partial charge is 0.346 e. The Balaban J connectivity index is 1.26. The summed E-state index contributed by atoms with van der Waals surface area (Å²) in [4.78, 5) is 21.1. The second-order valence-electron chi connectivity index (χ2n) is 8.87. The van der Waals surface area contributed by atoms with Gasteiger partial charge in [0, 0.05) is 46.7 Å². The standard InChI is InChI=1S/C25H23F2N7O/c1-2-34-24(30-17-7-10-19-20(11-17)25(26,27)13-28-23(19)35)31-22(32-34)16-5-8-18(9-6-16)33-12-21(29-14-33)15-3-4-15/h5-12,14-15H,2-4,13H2,1H3,(H,28,35)(H,30,31,32). The lowest BCUT2D eigenvalue weighted by molar-refractivity contribution is -0.00832. The molecule has 4 aromatic rings. The third-order valence-corrected chi connectivity index (χ3v) is 6.38. The minimum Gasteiger partial charge on any atom is -0.346 e. The molecule has 178 valence electrons. The van der Waals surface area contributed by atoms with Gasteiger partial charge in [-0.25, -0.2) is 9.67 Å². The van der Waals surface area contributed by atoms with Gasteiger partial charge >= 0.3 is 0 Å². The van der Waals surface area contributed by atoms with Crippen LogP contribution in [0.5, 0.6) is 0 Å². The summed E-state index contributed by atoms with van der Waals surface area (Å²) in [5.41, 5.74) is 3.06. The van der Waals surface area contributed by atoms with Gasteiger partial charge in [-0.1, -0.05) is 0 Å². The second-order valence-corrected chi connectivity index (χ2v) is 8.87. The third kappa shape index (κ3) is 3.94. The zero-order chi connectivity index (χ0) is 24.2. The van der Waals surface area contributed by atoms with E-state index in [1.807, 2.05) is 42.1 Å². The Morgan fingerprint density at radius 3 is 2.71 bits per heavy atom.